The van der Waals surface area contributed by atoms with E-state index in [0.29, 0.717) is 13.0 Å². The SMILES string of the molecule is O=C(NCCN1CCOCC1)c1cc(-c2ccc(C3C=CC(F)=CC3)cc2)cs1. The Morgan fingerprint density at radius 1 is 1.21 bits per heavy atom. The molecule has 29 heavy (non-hydrogen) atoms. The van der Waals surface area contributed by atoms with Crippen LogP contribution in [0.5, 0.6) is 0 Å². The van der Waals surface area contributed by atoms with Gasteiger partial charge in [-0.2, -0.15) is 0 Å². The van der Waals surface area contributed by atoms with E-state index in [-0.39, 0.29) is 17.7 Å². The minimum atomic E-state index is -0.160. The van der Waals surface area contributed by atoms with E-state index in [9.17, 15) is 9.18 Å². The Kier molecular flexibility index (Phi) is 6.54. The predicted octanol–water partition coefficient (Wildman–Crippen LogP) is 4.37. The van der Waals surface area contributed by atoms with E-state index >= 15 is 0 Å². The molecule has 4 nitrogen and oxygen atoms in total. The molecule has 0 spiro atoms. The number of amides is 1. The maximum Gasteiger partial charge on any atom is 0.261 e. The number of allylic oxidation sites excluding steroid dienone is 4. The van der Waals surface area contributed by atoms with Crippen molar-refractivity contribution in [1.82, 2.24) is 10.2 Å². The molecule has 1 saturated heterocycles. The van der Waals surface area contributed by atoms with Crippen LogP contribution < -0.4 is 5.32 Å². The molecule has 2 aliphatic rings. The summed E-state index contributed by atoms with van der Waals surface area (Å²) in [6.07, 6.45) is 5.76. The van der Waals surface area contributed by atoms with Crippen LogP contribution in [0.2, 0.25) is 0 Å². The number of rotatable bonds is 6. The highest BCUT2D eigenvalue weighted by Gasteiger charge is 2.14. The lowest BCUT2D eigenvalue weighted by Gasteiger charge is -2.26. The lowest BCUT2D eigenvalue weighted by atomic mass is 9.91. The van der Waals surface area contributed by atoms with Crippen LogP contribution >= 0.6 is 11.3 Å². The van der Waals surface area contributed by atoms with Gasteiger partial charge < -0.3 is 10.1 Å². The van der Waals surface area contributed by atoms with Crippen LogP contribution in [0.25, 0.3) is 11.1 Å². The first-order valence-electron chi connectivity index (χ1n) is 10.00. The van der Waals surface area contributed by atoms with Crippen molar-refractivity contribution in [2.24, 2.45) is 0 Å². The Morgan fingerprint density at radius 2 is 2.00 bits per heavy atom. The van der Waals surface area contributed by atoms with Gasteiger partial charge in [-0.1, -0.05) is 30.3 Å². The molecule has 1 aromatic carbocycles. The Hall–Kier alpha value is -2.28. The van der Waals surface area contributed by atoms with Gasteiger partial charge in [-0.05, 0) is 46.7 Å². The molecular formula is C23H25FN2O2S. The predicted molar refractivity (Wildman–Crippen MR) is 115 cm³/mol. The summed E-state index contributed by atoms with van der Waals surface area (Å²) < 4.78 is 18.5. The van der Waals surface area contributed by atoms with Crippen molar-refractivity contribution in [2.75, 3.05) is 39.4 Å². The molecule has 2 aromatic rings. The number of carbonyl (C=O) groups is 1. The standard InChI is InChI=1S/C23H25FN2O2S/c24-21-7-5-18(6-8-21)17-1-3-19(4-2-17)20-15-22(29-16-20)23(27)25-9-10-26-11-13-28-14-12-26/h1-5,7-8,15-16,18H,6,9-14H2,(H,25,27). The monoisotopic (exact) mass is 412 g/mol. The van der Waals surface area contributed by atoms with Crippen LogP contribution in [0.3, 0.4) is 0 Å². The van der Waals surface area contributed by atoms with E-state index < -0.39 is 0 Å². The molecule has 152 valence electrons. The summed E-state index contributed by atoms with van der Waals surface area (Å²) >= 11 is 1.46. The highest BCUT2D eigenvalue weighted by molar-refractivity contribution is 7.12. The number of nitrogens with zero attached hydrogens (tertiary/aromatic N) is 1. The van der Waals surface area contributed by atoms with E-state index in [4.69, 9.17) is 4.74 Å². The summed E-state index contributed by atoms with van der Waals surface area (Å²) in [6, 6.07) is 10.3. The molecule has 1 atom stereocenters. The number of thiophene rings is 1. The van der Waals surface area contributed by atoms with Gasteiger partial charge in [0.1, 0.15) is 5.83 Å². The highest BCUT2D eigenvalue weighted by Crippen LogP contribution is 2.30. The number of hydrogen-bond donors (Lipinski definition) is 1. The maximum atomic E-state index is 13.1. The van der Waals surface area contributed by atoms with Crippen molar-refractivity contribution in [3.05, 3.63) is 70.2 Å². The Morgan fingerprint density at radius 3 is 2.72 bits per heavy atom. The summed E-state index contributed by atoms with van der Waals surface area (Å²) in [5.74, 6) is 0.0398. The number of nitrogens with one attached hydrogen (secondary N) is 1. The fourth-order valence-corrected chi connectivity index (χ4v) is 4.44. The molecule has 2 heterocycles. The summed E-state index contributed by atoms with van der Waals surface area (Å²) in [7, 11) is 0. The second kappa shape index (κ2) is 9.48. The van der Waals surface area contributed by atoms with Crippen LogP contribution in [0.1, 0.15) is 27.6 Å². The Bertz CT molecular complexity index is 898. The van der Waals surface area contributed by atoms with Crippen molar-refractivity contribution in [2.45, 2.75) is 12.3 Å². The largest absolute Gasteiger partial charge is 0.379 e. The number of ether oxygens (including phenoxy) is 1. The van der Waals surface area contributed by atoms with E-state index in [1.54, 1.807) is 6.08 Å². The smallest absolute Gasteiger partial charge is 0.261 e. The molecule has 0 saturated carbocycles. The van der Waals surface area contributed by atoms with Gasteiger partial charge in [-0.15, -0.1) is 11.3 Å². The zero-order valence-electron chi connectivity index (χ0n) is 16.3. The van der Waals surface area contributed by atoms with Gasteiger partial charge >= 0.3 is 0 Å². The first-order chi connectivity index (χ1) is 14.2. The van der Waals surface area contributed by atoms with Crippen molar-refractivity contribution in [3.8, 4) is 11.1 Å². The van der Waals surface area contributed by atoms with Crippen LogP contribution in [0.4, 0.5) is 4.39 Å². The lowest BCUT2D eigenvalue weighted by molar-refractivity contribution is 0.0383. The molecule has 0 bridgehead atoms. The molecule has 1 N–H and O–H groups in total. The van der Waals surface area contributed by atoms with Crippen LogP contribution in [-0.2, 0) is 4.74 Å². The summed E-state index contributed by atoms with van der Waals surface area (Å²) in [4.78, 5) is 15.5. The van der Waals surface area contributed by atoms with Crippen LogP contribution in [0.15, 0.2) is 59.8 Å². The minimum absolute atomic E-state index is 0.0210. The van der Waals surface area contributed by atoms with Gasteiger partial charge in [0.15, 0.2) is 0 Å². The van der Waals surface area contributed by atoms with E-state index in [0.717, 1.165) is 48.9 Å². The first-order valence-corrected chi connectivity index (χ1v) is 10.9. The van der Waals surface area contributed by atoms with Crippen molar-refractivity contribution in [3.63, 3.8) is 0 Å². The number of carbonyl (C=O) groups excluding carboxylic acids is 1. The Labute approximate surface area is 174 Å². The lowest BCUT2D eigenvalue weighted by Crippen LogP contribution is -2.41. The normalized spacial score (nSPS) is 19.8. The van der Waals surface area contributed by atoms with E-state index in [2.05, 4.69) is 34.5 Å². The third-order valence-electron chi connectivity index (χ3n) is 5.37. The van der Waals surface area contributed by atoms with Crippen LogP contribution in [0, 0.1) is 0 Å². The van der Waals surface area contributed by atoms with Crippen LogP contribution in [-0.4, -0.2) is 50.2 Å². The molecule has 1 unspecified atom stereocenters. The third kappa shape index (κ3) is 5.21. The average molecular weight is 413 g/mol. The second-order valence-corrected chi connectivity index (χ2v) is 8.23. The fraction of sp³-hybridized carbons (Fsp3) is 0.348. The van der Waals surface area contributed by atoms with Gasteiger partial charge in [0.25, 0.3) is 5.91 Å². The highest BCUT2D eigenvalue weighted by atomic mass is 32.1. The van der Waals surface area contributed by atoms with Gasteiger partial charge in [0, 0.05) is 32.1 Å². The topological polar surface area (TPSA) is 41.6 Å². The average Bonchev–Trinajstić information content (AvgIpc) is 3.26. The quantitative estimate of drug-likeness (QED) is 0.766. The molecule has 1 amide bonds. The zero-order valence-corrected chi connectivity index (χ0v) is 17.1. The molecule has 4 rings (SSSR count). The zero-order chi connectivity index (χ0) is 20.1. The van der Waals surface area contributed by atoms with Crippen molar-refractivity contribution < 1.29 is 13.9 Å². The summed E-state index contributed by atoms with van der Waals surface area (Å²) in [6.45, 7) is 4.89. The molecule has 0 radical (unpaired) electrons. The molecule has 1 fully saturated rings. The molecule has 6 heteroatoms. The maximum absolute atomic E-state index is 13.1. The summed E-state index contributed by atoms with van der Waals surface area (Å²) in [5.41, 5.74) is 3.30. The molecule has 1 aliphatic carbocycles. The number of benzene rings is 1. The van der Waals surface area contributed by atoms with Gasteiger partial charge in [-0.3, -0.25) is 9.69 Å². The molecular weight excluding hydrogens is 387 g/mol. The number of halogens is 1. The number of hydrogen-bond acceptors (Lipinski definition) is 4. The summed E-state index contributed by atoms with van der Waals surface area (Å²) in [5, 5.41) is 5.03. The second-order valence-electron chi connectivity index (χ2n) is 7.32. The number of morpholine rings is 1. The minimum Gasteiger partial charge on any atom is -0.379 e. The van der Waals surface area contributed by atoms with Crippen molar-refractivity contribution in [1.29, 1.82) is 0 Å². The van der Waals surface area contributed by atoms with Gasteiger partial charge in [0.2, 0.25) is 0 Å². The molecule has 1 aromatic heterocycles. The van der Waals surface area contributed by atoms with Crippen molar-refractivity contribution >= 4 is 17.2 Å². The van der Waals surface area contributed by atoms with Gasteiger partial charge in [-0.25, -0.2) is 4.39 Å². The third-order valence-corrected chi connectivity index (χ3v) is 6.30. The van der Waals surface area contributed by atoms with E-state index in [1.807, 2.05) is 17.5 Å². The Balaban J connectivity index is 1.32. The molecule has 1 aliphatic heterocycles. The van der Waals surface area contributed by atoms with Gasteiger partial charge in [0.05, 0.1) is 18.1 Å². The first kappa shape index (κ1) is 20.0. The van der Waals surface area contributed by atoms with E-state index in [1.165, 1.54) is 23.0 Å². The fourth-order valence-electron chi connectivity index (χ4n) is 3.61.